The Balaban J connectivity index is 1.32. The molecule has 0 spiro atoms. The fourth-order valence-electron chi connectivity index (χ4n) is 6.99. The summed E-state index contributed by atoms with van der Waals surface area (Å²) in [4.78, 5) is 24.8. The van der Waals surface area contributed by atoms with Crippen LogP contribution in [0.1, 0.15) is 0 Å². The zero-order chi connectivity index (χ0) is 32.6. The molecule has 3 heterocycles. The molecule has 0 unspecified atom stereocenters. The molecule has 0 saturated heterocycles. The SMILES string of the molecule is c1ccc(-c2nc(-c3cccnc3)nc(-c3ccccc3-c3cccc4c3-c3ccccc3S4(c3ccccc3)c3ccccc3)n2)cc1. The fourth-order valence-corrected chi connectivity index (χ4v) is 11.2. The molecule has 0 amide bonds. The van der Waals surface area contributed by atoms with Crippen LogP contribution in [0, 0.1) is 0 Å². The Morgan fingerprint density at radius 1 is 0.347 bits per heavy atom. The highest BCUT2D eigenvalue weighted by molar-refractivity contribution is 8.34. The number of hydrogen-bond donors (Lipinski definition) is 0. The molecule has 5 heteroatoms. The van der Waals surface area contributed by atoms with Crippen LogP contribution in [0.25, 0.3) is 56.4 Å². The standard InChI is InChI=1S/C44H30N4S/c1-4-16-31(17-5-1)42-46-43(32-18-15-29-45-30-32)48-44(47-42)37-24-11-10-23-35(37)36-26-14-28-40-41(36)38-25-12-13-27-39(38)49(40,33-19-6-2-7-20-33)34-21-8-3-9-22-34/h1-30H. The second-order valence-corrected chi connectivity index (χ2v) is 14.9. The van der Waals surface area contributed by atoms with E-state index in [1.165, 1.54) is 30.7 Å². The van der Waals surface area contributed by atoms with E-state index in [4.69, 9.17) is 15.0 Å². The lowest BCUT2D eigenvalue weighted by Crippen LogP contribution is -2.02. The molecule has 8 aromatic rings. The maximum atomic E-state index is 5.11. The predicted octanol–water partition coefficient (Wildman–Crippen LogP) is 11.3. The van der Waals surface area contributed by atoms with Gasteiger partial charge in [-0.25, -0.2) is 15.0 Å². The van der Waals surface area contributed by atoms with Crippen LogP contribution in [-0.4, -0.2) is 19.9 Å². The minimum Gasteiger partial charge on any atom is -0.264 e. The van der Waals surface area contributed by atoms with E-state index in [2.05, 4.69) is 132 Å². The second kappa shape index (κ2) is 12.1. The summed E-state index contributed by atoms with van der Waals surface area (Å²) in [5, 5.41) is 0. The zero-order valence-electron chi connectivity index (χ0n) is 26.5. The number of rotatable bonds is 6. The number of hydrogen-bond acceptors (Lipinski definition) is 4. The van der Waals surface area contributed by atoms with E-state index in [1.54, 1.807) is 12.4 Å². The molecule has 0 N–H and O–H groups in total. The van der Waals surface area contributed by atoms with Crippen molar-refractivity contribution in [2.24, 2.45) is 0 Å². The normalized spacial score (nSPS) is 13.3. The van der Waals surface area contributed by atoms with Gasteiger partial charge in [-0.05, 0) is 65.2 Å². The summed E-state index contributed by atoms with van der Waals surface area (Å²) in [6, 6.07) is 60.3. The smallest absolute Gasteiger partial charge is 0.165 e. The molecule has 0 radical (unpaired) electrons. The van der Waals surface area contributed by atoms with E-state index < -0.39 is 10.0 Å². The van der Waals surface area contributed by atoms with Gasteiger partial charge in [0.25, 0.3) is 0 Å². The molecular formula is C44H30N4S. The highest BCUT2D eigenvalue weighted by Crippen LogP contribution is 2.80. The molecule has 0 fully saturated rings. The summed E-state index contributed by atoms with van der Waals surface area (Å²) in [6.07, 6.45) is 3.57. The molecule has 0 bridgehead atoms. The molecule has 4 nitrogen and oxygen atoms in total. The Labute approximate surface area is 287 Å². The van der Waals surface area contributed by atoms with Crippen molar-refractivity contribution >= 4 is 10.0 Å². The Bertz CT molecular complexity index is 2340. The Morgan fingerprint density at radius 3 is 1.53 bits per heavy atom. The van der Waals surface area contributed by atoms with Gasteiger partial charge < -0.3 is 0 Å². The average molecular weight is 647 g/mol. The lowest BCUT2D eigenvalue weighted by Gasteiger charge is -2.39. The molecule has 0 atom stereocenters. The third-order valence-electron chi connectivity index (χ3n) is 9.08. The third-order valence-corrected chi connectivity index (χ3v) is 13.1. The van der Waals surface area contributed by atoms with Gasteiger partial charge in [-0.2, -0.15) is 0 Å². The van der Waals surface area contributed by atoms with Gasteiger partial charge in [0.2, 0.25) is 0 Å². The van der Waals surface area contributed by atoms with Crippen LogP contribution < -0.4 is 0 Å². The summed E-state index contributed by atoms with van der Waals surface area (Å²) >= 11 is 0. The quantitative estimate of drug-likeness (QED) is 0.180. The van der Waals surface area contributed by atoms with Crippen LogP contribution in [0.15, 0.2) is 202 Å². The minimum absolute atomic E-state index is 0.590. The molecule has 9 rings (SSSR count). The molecule has 2 aromatic heterocycles. The van der Waals surface area contributed by atoms with Crippen LogP contribution in [0.5, 0.6) is 0 Å². The van der Waals surface area contributed by atoms with Gasteiger partial charge in [-0.1, -0.05) is 121 Å². The van der Waals surface area contributed by atoms with Crippen molar-refractivity contribution < 1.29 is 0 Å². The third kappa shape index (κ3) is 4.78. The number of nitrogens with zero attached hydrogens (tertiary/aromatic N) is 4. The van der Waals surface area contributed by atoms with Gasteiger partial charge >= 0.3 is 0 Å². The molecule has 0 aliphatic carbocycles. The maximum absolute atomic E-state index is 5.11. The topological polar surface area (TPSA) is 51.6 Å². The van der Waals surface area contributed by atoms with Crippen LogP contribution in [0.2, 0.25) is 0 Å². The van der Waals surface area contributed by atoms with Gasteiger partial charge in [0, 0.05) is 54.2 Å². The first kappa shape index (κ1) is 29.0. The van der Waals surface area contributed by atoms with E-state index in [0.29, 0.717) is 17.5 Å². The molecule has 232 valence electrons. The molecule has 0 saturated carbocycles. The lowest BCUT2D eigenvalue weighted by atomic mass is 9.91. The summed E-state index contributed by atoms with van der Waals surface area (Å²) < 4.78 is 0. The number of fused-ring (bicyclic) bond motifs is 3. The van der Waals surface area contributed by atoms with Crippen molar-refractivity contribution in [2.45, 2.75) is 19.6 Å². The van der Waals surface area contributed by atoms with Crippen molar-refractivity contribution in [3.63, 3.8) is 0 Å². The number of benzene rings is 6. The van der Waals surface area contributed by atoms with E-state index in [9.17, 15) is 0 Å². The maximum Gasteiger partial charge on any atom is 0.165 e. The van der Waals surface area contributed by atoms with Gasteiger partial charge in [0.1, 0.15) is 0 Å². The number of pyridine rings is 1. The Morgan fingerprint density at radius 2 is 0.857 bits per heavy atom. The summed E-state index contributed by atoms with van der Waals surface area (Å²) in [5.74, 6) is 1.84. The minimum atomic E-state index is -1.78. The highest BCUT2D eigenvalue weighted by atomic mass is 32.3. The first-order valence-electron chi connectivity index (χ1n) is 16.3. The monoisotopic (exact) mass is 646 g/mol. The van der Waals surface area contributed by atoms with Gasteiger partial charge in [0.15, 0.2) is 17.5 Å². The van der Waals surface area contributed by atoms with Crippen molar-refractivity contribution in [1.29, 1.82) is 0 Å². The van der Waals surface area contributed by atoms with E-state index in [1.807, 2.05) is 42.5 Å². The summed E-state index contributed by atoms with van der Waals surface area (Å²) in [5.41, 5.74) is 7.49. The molecular weight excluding hydrogens is 617 g/mol. The van der Waals surface area contributed by atoms with E-state index >= 15 is 0 Å². The zero-order valence-corrected chi connectivity index (χ0v) is 27.3. The predicted molar refractivity (Wildman–Crippen MR) is 198 cm³/mol. The Hall–Kier alpha value is -6.17. The molecule has 49 heavy (non-hydrogen) atoms. The van der Waals surface area contributed by atoms with Crippen LogP contribution in [0.3, 0.4) is 0 Å². The molecule has 1 aliphatic rings. The van der Waals surface area contributed by atoms with E-state index in [-0.39, 0.29) is 0 Å². The van der Waals surface area contributed by atoms with Gasteiger partial charge in [-0.15, -0.1) is 10.0 Å². The highest BCUT2D eigenvalue weighted by Gasteiger charge is 2.43. The van der Waals surface area contributed by atoms with Crippen LogP contribution in [-0.2, 0) is 0 Å². The average Bonchev–Trinajstić information content (AvgIpc) is 3.50. The van der Waals surface area contributed by atoms with Gasteiger partial charge in [0.05, 0.1) is 0 Å². The first-order valence-corrected chi connectivity index (χ1v) is 17.9. The van der Waals surface area contributed by atoms with Gasteiger partial charge in [-0.3, -0.25) is 4.98 Å². The largest absolute Gasteiger partial charge is 0.264 e. The Kier molecular flexibility index (Phi) is 7.18. The van der Waals surface area contributed by atoms with Crippen molar-refractivity contribution in [1.82, 2.24) is 19.9 Å². The summed E-state index contributed by atoms with van der Waals surface area (Å²) in [7, 11) is -1.78. The first-order chi connectivity index (χ1) is 24.3. The molecule has 1 aliphatic heterocycles. The van der Waals surface area contributed by atoms with Crippen molar-refractivity contribution in [2.75, 3.05) is 0 Å². The van der Waals surface area contributed by atoms with Crippen molar-refractivity contribution in [3.05, 3.63) is 182 Å². The number of aromatic nitrogens is 4. The van der Waals surface area contributed by atoms with E-state index in [0.717, 1.165) is 27.8 Å². The van der Waals surface area contributed by atoms with Crippen molar-refractivity contribution in [3.8, 4) is 56.4 Å². The lowest BCUT2D eigenvalue weighted by molar-refractivity contribution is 1.07. The molecule has 6 aromatic carbocycles. The second-order valence-electron chi connectivity index (χ2n) is 11.9. The summed E-state index contributed by atoms with van der Waals surface area (Å²) in [6.45, 7) is 0. The fraction of sp³-hybridized carbons (Fsp3) is 0. The van der Waals surface area contributed by atoms with Crippen LogP contribution >= 0.6 is 10.0 Å². The van der Waals surface area contributed by atoms with Crippen LogP contribution in [0.4, 0.5) is 0 Å².